The highest BCUT2D eigenvalue weighted by Crippen LogP contribution is 2.37. The van der Waals surface area contributed by atoms with E-state index in [1.807, 2.05) is 0 Å². The number of carbonyl (C=O) groups excluding carboxylic acids is 1. The van der Waals surface area contributed by atoms with Gasteiger partial charge in [-0.1, -0.05) is 82.2 Å². The second-order valence-electron chi connectivity index (χ2n) is 10.0. The first-order valence-electron chi connectivity index (χ1n) is 13.3. The maximum atomic E-state index is 13.3. The molecule has 1 aliphatic heterocycles. The number of carbonyl (C=O) groups is 1. The van der Waals surface area contributed by atoms with Gasteiger partial charge >= 0.3 is 11.6 Å². The third kappa shape index (κ3) is 5.04. The fourth-order valence-electron chi connectivity index (χ4n) is 5.80. The van der Waals surface area contributed by atoms with Gasteiger partial charge in [-0.05, 0) is 51.4 Å². The molecule has 1 saturated carbocycles. The summed E-state index contributed by atoms with van der Waals surface area (Å²) in [7, 11) is 0. The predicted octanol–water partition coefficient (Wildman–Crippen LogP) is 6.18. The van der Waals surface area contributed by atoms with Crippen LogP contribution in [0.4, 0.5) is 0 Å². The molecule has 0 amide bonds. The summed E-state index contributed by atoms with van der Waals surface area (Å²) in [5.41, 5.74) is 1.13. The number of oxime groups is 1. The number of rotatable bonds is 1. The number of fused-ring (bicyclic) bond motifs is 2. The van der Waals surface area contributed by atoms with E-state index in [1.165, 1.54) is 51.4 Å². The largest absolute Gasteiger partial charge is 0.369 e. The van der Waals surface area contributed by atoms with Crippen LogP contribution in [-0.4, -0.2) is 16.4 Å². The summed E-state index contributed by atoms with van der Waals surface area (Å²) in [6, 6.07) is 0. The van der Waals surface area contributed by atoms with Gasteiger partial charge in [-0.2, -0.15) is 4.74 Å². The molecule has 1 aromatic heterocycles. The molecule has 0 aromatic carbocycles. The monoisotopic (exact) mass is 444 g/mol. The molecule has 1 unspecified atom stereocenters. The number of hydrogen-bond acceptors (Lipinski definition) is 5. The van der Waals surface area contributed by atoms with Crippen molar-refractivity contribution >= 4 is 11.7 Å². The van der Waals surface area contributed by atoms with Gasteiger partial charge in [0, 0.05) is 0 Å². The molecule has 0 bridgehead atoms. The second kappa shape index (κ2) is 11.3. The van der Waals surface area contributed by atoms with E-state index in [0.717, 1.165) is 87.6 Å². The molecule has 32 heavy (non-hydrogen) atoms. The van der Waals surface area contributed by atoms with Gasteiger partial charge in [0.15, 0.2) is 0 Å². The fraction of sp³-hybridized carbons (Fsp3) is 0.808. The molecular formula is C26H40N2O4. The van der Waals surface area contributed by atoms with Crippen molar-refractivity contribution < 1.29 is 14.2 Å². The Bertz CT molecular complexity index is 852. The van der Waals surface area contributed by atoms with E-state index in [9.17, 15) is 9.59 Å². The Balaban J connectivity index is 1.72. The van der Waals surface area contributed by atoms with Crippen molar-refractivity contribution in [2.24, 2.45) is 5.16 Å². The SMILES string of the molecule is O=C1ON=C2CCCCCCCCCCC12n1oc(=O)c2c1CCCCCCCCCC2. The van der Waals surface area contributed by atoms with Crippen LogP contribution in [0.2, 0.25) is 0 Å². The quantitative estimate of drug-likeness (QED) is 0.485. The fourth-order valence-corrected chi connectivity index (χ4v) is 5.80. The van der Waals surface area contributed by atoms with Crippen LogP contribution >= 0.6 is 0 Å². The predicted molar refractivity (Wildman–Crippen MR) is 125 cm³/mol. The highest BCUT2D eigenvalue weighted by atomic mass is 16.7. The van der Waals surface area contributed by atoms with E-state index < -0.39 is 5.54 Å². The molecule has 1 aromatic rings. The molecule has 1 atom stereocenters. The third-order valence-corrected chi connectivity index (χ3v) is 7.71. The summed E-state index contributed by atoms with van der Waals surface area (Å²) in [5.74, 6) is -0.364. The summed E-state index contributed by atoms with van der Waals surface area (Å²) in [6.07, 6.45) is 21.3. The number of hydrogen-bond donors (Lipinski definition) is 0. The highest BCUT2D eigenvalue weighted by molar-refractivity contribution is 6.11. The Morgan fingerprint density at radius 1 is 0.656 bits per heavy atom. The van der Waals surface area contributed by atoms with Gasteiger partial charge in [-0.15, -0.1) is 0 Å². The second-order valence-corrected chi connectivity index (χ2v) is 10.0. The molecular weight excluding hydrogens is 404 g/mol. The lowest BCUT2D eigenvalue weighted by Gasteiger charge is -2.28. The topological polar surface area (TPSA) is 73.8 Å². The lowest BCUT2D eigenvalue weighted by Crippen LogP contribution is -2.46. The summed E-state index contributed by atoms with van der Waals surface area (Å²) in [5, 5.41) is 4.26. The first kappa shape index (κ1) is 23.3. The Kier molecular flexibility index (Phi) is 8.26. The molecule has 2 heterocycles. The van der Waals surface area contributed by atoms with E-state index in [-0.39, 0.29) is 11.6 Å². The van der Waals surface area contributed by atoms with E-state index in [0.29, 0.717) is 6.42 Å². The van der Waals surface area contributed by atoms with Crippen molar-refractivity contribution in [2.75, 3.05) is 0 Å². The van der Waals surface area contributed by atoms with Crippen LogP contribution in [0, 0.1) is 0 Å². The van der Waals surface area contributed by atoms with Crippen molar-refractivity contribution in [2.45, 2.75) is 134 Å². The van der Waals surface area contributed by atoms with Crippen molar-refractivity contribution in [3.8, 4) is 0 Å². The third-order valence-electron chi connectivity index (χ3n) is 7.71. The smallest absolute Gasteiger partial charge is 0.334 e. The molecule has 178 valence electrons. The average Bonchev–Trinajstić information content (AvgIpc) is 3.25. The molecule has 4 rings (SSSR count). The molecule has 0 spiro atoms. The van der Waals surface area contributed by atoms with Gasteiger partial charge in [-0.3, -0.25) is 0 Å². The Morgan fingerprint density at radius 3 is 1.84 bits per heavy atom. The zero-order valence-corrected chi connectivity index (χ0v) is 19.7. The van der Waals surface area contributed by atoms with E-state index >= 15 is 0 Å². The van der Waals surface area contributed by atoms with Crippen LogP contribution in [0.1, 0.15) is 127 Å². The Labute approximate surface area is 191 Å². The summed E-state index contributed by atoms with van der Waals surface area (Å²) >= 11 is 0. The van der Waals surface area contributed by atoms with Gasteiger partial charge in [-0.25, -0.2) is 9.59 Å². The van der Waals surface area contributed by atoms with Crippen molar-refractivity contribution in [3.05, 3.63) is 21.7 Å². The lowest BCUT2D eigenvalue weighted by atomic mass is 9.83. The van der Waals surface area contributed by atoms with Crippen LogP contribution < -0.4 is 5.63 Å². The van der Waals surface area contributed by atoms with Gasteiger partial charge in [0.2, 0.25) is 5.54 Å². The van der Waals surface area contributed by atoms with Crippen molar-refractivity contribution in [3.63, 3.8) is 0 Å². The molecule has 6 heteroatoms. The Hall–Kier alpha value is -1.85. The van der Waals surface area contributed by atoms with Crippen LogP contribution in [0.25, 0.3) is 0 Å². The standard InChI is InChI=1S/C26H40N2O4/c29-24-21-17-13-9-5-1-2-6-10-14-18-22(21)28(32-24)26-20-16-12-8-4-3-7-11-15-19-23(26)27-31-25(26)30/h1-20H2. The van der Waals surface area contributed by atoms with Crippen LogP contribution in [0.5, 0.6) is 0 Å². The average molecular weight is 445 g/mol. The minimum absolute atomic E-state index is 0.267. The zero-order valence-electron chi connectivity index (χ0n) is 19.7. The van der Waals surface area contributed by atoms with Gasteiger partial charge in [0.25, 0.3) is 0 Å². The summed E-state index contributed by atoms with van der Waals surface area (Å²) < 4.78 is 7.63. The minimum atomic E-state index is -1.07. The normalized spacial score (nSPS) is 26.9. The maximum absolute atomic E-state index is 13.3. The van der Waals surface area contributed by atoms with Crippen LogP contribution in [-0.2, 0) is 28.0 Å². The first-order valence-corrected chi connectivity index (χ1v) is 13.3. The molecule has 0 saturated heterocycles. The van der Waals surface area contributed by atoms with Gasteiger partial charge in [0.05, 0.1) is 17.0 Å². The van der Waals surface area contributed by atoms with Crippen LogP contribution in [0.15, 0.2) is 14.5 Å². The zero-order chi connectivity index (χ0) is 22.2. The molecule has 0 N–H and O–H groups in total. The molecule has 1 fully saturated rings. The molecule has 6 nitrogen and oxygen atoms in total. The minimum Gasteiger partial charge on any atom is -0.334 e. The molecule has 3 aliphatic rings. The van der Waals surface area contributed by atoms with Crippen molar-refractivity contribution in [1.29, 1.82) is 0 Å². The van der Waals surface area contributed by atoms with E-state index in [1.54, 1.807) is 4.74 Å². The number of aromatic nitrogens is 1. The van der Waals surface area contributed by atoms with E-state index in [2.05, 4.69) is 5.16 Å². The van der Waals surface area contributed by atoms with Crippen LogP contribution in [0.3, 0.4) is 0 Å². The summed E-state index contributed by atoms with van der Waals surface area (Å²) in [6.45, 7) is 0. The molecule has 2 aliphatic carbocycles. The lowest BCUT2D eigenvalue weighted by molar-refractivity contribution is -0.150. The summed E-state index contributed by atoms with van der Waals surface area (Å²) in [4.78, 5) is 31.7. The number of nitrogens with zero attached hydrogens (tertiary/aromatic N) is 2. The Morgan fingerprint density at radius 2 is 1.19 bits per heavy atom. The molecule has 0 radical (unpaired) electrons. The van der Waals surface area contributed by atoms with Gasteiger partial charge < -0.3 is 9.36 Å². The van der Waals surface area contributed by atoms with Crippen molar-refractivity contribution in [1.82, 2.24) is 4.74 Å². The first-order chi connectivity index (χ1) is 15.7. The van der Waals surface area contributed by atoms with Gasteiger partial charge in [0.1, 0.15) is 0 Å². The van der Waals surface area contributed by atoms with E-state index in [4.69, 9.17) is 9.36 Å². The highest BCUT2D eigenvalue weighted by Gasteiger charge is 2.54. The maximum Gasteiger partial charge on any atom is 0.369 e.